The molecule has 0 aliphatic rings. The summed E-state index contributed by atoms with van der Waals surface area (Å²) in [5.74, 6) is 1.01. The number of hydrogen-bond acceptors (Lipinski definition) is 2. The van der Waals surface area contributed by atoms with E-state index in [0.717, 1.165) is 12.3 Å². The predicted octanol–water partition coefficient (Wildman–Crippen LogP) is 4.25. The van der Waals surface area contributed by atoms with Crippen LogP contribution in [0.3, 0.4) is 0 Å². The summed E-state index contributed by atoms with van der Waals surface area (Å²) in [7, 11) is 0. The number of para-hydroxylation sites is 1. The number of benzene rings is 2. The third-order valence-corrected chi connectivity index (χ3v) is 3.75. The maximum Gasteiger partial charge on any atom is 0.120 e. The molecule has 0 fully saturated rings. The fourth-order valence-electron chi connectivity index (χ4n) is 2.69. The van der Waals surface area contributed by atoms with Crippen LogP contribution in [0.2, 0.25) is 0 Å². The van der Waals surface area contributed by atoms with Crippen LogP contribution in [-0.2, 0) is 13.2 Å². The molecule has 1 aromatic heterocycles. The molecule has 0 amide bonds. The smallest absolute Gasteiger partial charge is 0.120 e. The number of aryl methyl sites for hydroxylation is 2. The van der Waals surface area contributed by atoms with Crippen LogP contribution in [0.25, 0.3) is 10.9 Å². The van der Waals surface area contributed by atoms with E-state index in [1.165, 1.54) is 22.0 Å². The van der Waals surface area contributed by atoms with Crippen molar-refractivity contribution in [3.63, 3.8) is 0 Å². The van der Waals surface area contributed by atoms with Gasteiger partial charge in [0, 0.05) is 23.7 Å². The molecule has 0 aliphatic carbocycles. The maximum atomic E-state index is 9.29. The Kier molecular flexibility index (Phi) is 3.57. The van der Waals surface area contributed by atoms with E-state index in [2.05, 4.69) is 42.8 Å². The summed E-state index contributed by atoms with van der Waals surface area (Å²) in [5, 5.41) is 10.5. The zero-order valence-corrected chi connectivity index (χ0v) is 12.3. The first-order valence-electron chi connectivity index (χ1n) is 7.18. The van der Waals surface area contributed by atoms with Gasteiger partial charge in [0.1, 0.15) is 18.1 Å². The second kappa shape index (κ2) is 5.52. The van der Waals surface area contributed by atoms with Crippen LogP contribution in [0.5, 0.6) is 11.5 Å². The van der Waals surface area contributed by atoms with Crippen LogP contribution < -0.4 is 4.74 Å². The van der Waals surface area contributed by atoms with Crippen molar-refractivity contribution in [2.45, 2.75) is 27.0 Å². The molecule has 3 heteroatoms. The zero-order valence-electron chi connectivity index (χ0n) is 12.3. The molecule has 0 aliphatic heterocycles. The maximum absolute atomic E-state index is 9.29. The molecule has 0 spiro atoms. The summed E-state index contributed by atoms with van der Waals surface area (Å²) >= 11 is 0. The summed E-state index contributed by atoms with van der Waals surface area (Å²) in [6.45, 7) is 5.76. The summed E-state index contributed by atoms with van der Waals surface area (Å²) in [6, 6.07) is 13.2. The Bertz CT molecular complexity index is 757. The highest BCUT2D eigenvalue weighted by molar-refractivity contribution is 5.86. The molecule has 0 bridgehead atoms. The Morgan fingerprint density at radius 2 is 1.86 bits per heavy atom. The van der Waals surface area contributed by atoms with Crippen molar-refractivity contribution >= 4 is 10.9 Å². The number of ether oxygens (including phenoxy) is 1. The van der Waals surface area contributed by atoms with E-state index >= 15 is 0 Å². The van der Waals surface area contributed by atoms with Gasteiger partial charge in [-0.1, -0.05) is 18.2 Å². The SMILES string of the molecule is CCn1cc(COc2ccc(O)cc2)c2cccc(C)c21. The topological polar surface area (TPSA) is 34.4 Å². The van der Waals surface area contributed by atoms with E-state index in [1.807, 2.05) is 0 Å². The van der Waals surface area contributed by atoms with Gasteiger partial charge >= 0.3 is 0 Å². The second-order valence-corrected chi connectivity index (χ2v) is 5.19. The minimum atomic E-state index is 0.251. The molecule has 108 valence electrons. The van der Waals surface area contributed by atoms with Crippen LogP contribution in [0.15, 0.2) is 48.7 Å². The minimum absolute atomic E-state index is 0.251. The Morgan fingerprint density at radius 3 is 2.57 bits per heavy atom. The molecule has 0 unspecified atom stereocenters. The number of phenols is 1. The Morgan fingerprint density at radius 1 is 1.10 bits per heavy atom. The lowest BCUT2D eigenvalue weighted by molar-refractivity contribution is 0.307. The van der Waals surface area contributed by atoms with Crippen LogP contribution in [0.4, 0.5) is 0 Å². The van der Waals surface area contributed by atoms with Crippen molar-refractivity contribution in [1.82, 2.24) is 4.57 Å². The summed E-state index contributed by atoms with van der Waals surface area (Å²) < 4.78 is 8.09. The van der Waals surface area contributed by atoms with Gasteiger partial charge in [-0.15, -0.1) is 0 Å². The van der Waals surface area contributed by atoms with Crippen molar-refractivity contribution in [3.05, 3.63) is 59.8 Å². The van der Waals surface area contributed by atoms with Crippen LogP contribution in [0.1, 0.15) is 18.1 Å². The number of nitrogens with zero attached hydrogens (tertiary/aromatic N) is 1. The van der Waals surface area contributed by atoms with Crippen LogP contribution in [0, 0.1) is 6.92 Å². The molecule has 1 heterocycles. The van der Waals surface area contributed by atoms with Crippen molar-refractivity contribution in [2.24, 2.45) is 0 Å². The highest BCUT2D eigenvalue weighted by Crippen LogP contribution is 2.26. The van der Waals surface area contributed by atoms with Crippen LogP contribution in [-0.4, -0.2) is 9.67 Å². The number of rotatable bonds is 4. The van der Waals surface area contributed by atoms with Gasteiger partial charge in [-0.05, 0) is 43.7 Å². The van der Waals surface area contributed by atoms with E-state index < -0.39 is 0 Å². The van der Waals surface area contributed by atoms with Crippen molar-refractivity contribution in [3.8, 4) is 11.5 Å². The first kappa shape index (κ1) is 13.6. The van der Waals surface area contributed by atoms with E-state index in [9.17, 15) is 5.11 Å². The van der Waals surface area contributed by atoms with Gasteiger partial charge in [0.2, 0.25) is 0 Å². The average Bonchev–Trinajstić information content (AvgIpc) is 2.86. The standard InChI is InChI=1S/C18H19NO2/c1-3-19-11-14(17-6-4-5-13(2)18(17)19)12-21-16-9-7-15(20)8-10-16/h4-11,20H,3,12H2,1-2H3. The third kappa shape index (κ3) is 2.59. The molecular formula is C18H19NO2. The largest absolute Gasteiger partial charge is 0.508 e. The van der Waals surface area contributed by atoms with Crippen molar-refractivity contribution in [2.75, 3.05) is 0 Å². The minimum Gasteiger partial charge on any atom is -0.508 e. The lowest BCUT2D eigenvalue weighted by atomic mass is 10.1. The van der Waals surface area contributed by atoms with E-state index in [0.29, 0.717) is 6.61 Å². The first-order valence-corrected chi connectivity index (χ1v) is 7.18. The zero-order chi connectivity index (χ0) is 14.8. The lowest BCUT2D eigenvalue weighted by Crippen LogP contribution is -1.95. The van der Waals surface area contributed by atoms with Crippen LogP contribution >= 0.6 is 0 Å². The van der Waals surface area contributed by atoms with Gasteiger partial charge in [-0.25, -0.2) is 0 Å². The molecule has 3 rings (SSSR count). The Labute approximate surface area is 124 Å². The number of fused-ring (bicyclic) bond motifs is 1. The van der Waals surface area contributed by atoms with Gasteiger partial charge in [-0.3, -0.25) is 0 Å². The number of aromatic nitrogens is 1. The fourth-order valence-corrected chi connectivity index (χ4v) is 2.69. The molecule has 21 heavy (non-hydrogen) atoms. The quantitative estimate of drug-likeness (QED) is 0.775. The summed E-state index contributed by atoms with van der Waals surface area (Å²) in [6.07, 6.45) is 2.16. The highest BCUT2D eigenvalue weighted by Gasteiger charge is 2.10. The molecular weight excluding hydrogens is 262 g/mol. The third-order valence-electron chi connectivity index (χ3n) is 3.75. The van der Waals surface area contributed by atoms with E-state index in [1.54, 1.807) is 24.3 Å². The van der Waals surface area contributed by atoms with Crippen molar-refractivity contribution in [1.29, 1.82) is 0 Å². The van der Waals surface area contributed by atoms with Gasteiger partial charge in [0.05, 0.1) is 5.52 Å². The fraction of sp³-hybridized carbons (Fsp3) is 0.222. The molecule has 3 nitrogen and oxygen atoms in total. The summed E-state index contributed by atoms with van der Waals surface area (Å²) in [5.41, 5.74) is 3.75. The van der Waals surface area contributed by atoms with Gasteiger partial charge in [-0.2, -0.15) is 0 Å². The monoisotopic (exact) mass is 281 g/mol. The number of phenolic OH excluding ortho intramolecular Hbond substituents is 1. The van der Waals surface area contributed by atoms with Gasteiger partial charge in [0.15, 0.2) is 0 Å². The molecule has 0 atom stereocenters. The van der Waals surface area contributed by atoms with E-state index in [4.69, 9.17) is 4.74 Å². The molecule has 0 radical (unpaired) electrons. The Hall–Kier alpha value is -2.42. The predicted molar refractivity (Wildman–Crippen MR) is 84.8 cm³/mol. The number of hydrogen-bond donors (Lipinski definition) is 1. The molecule has 0 saturated heterocycles. The highest BCUT2D eigenvalue weighted by atomic mass is 16.5. The lowest BCUT2D eigenvalue weighted by Gasteiger charge is -2.05. The normalized spacial score (nSPS) is 11.0. The molecule has 3 aromatic rings. The van der Waals surface area contributed by atoms with Gasteiger partial charge in [0.25, 0.3) is 0 Å². The second-order valence-electron chi connectivity index (χ2n) is 5.19. The first-order chi connectivity index (χ1) is 10.2. The van der Waals surface area contributed by atoms with Gasteiger partial charge < -0.3 is 14.4 Å². The van der Waals surface area contributed by atoms with Crippen molar-refractivity contribution < 1.29 is 9.84 Å². The Balaban J connectivity index is 1.90. The number of aromatic hydroxyl groups is 1. The summed E-state index contributed by atoms with van der Waals surface area (Å²) in [4.78, 5) is 0. The molecule has 1 N–H and O–H groups in total. The average molecular weight is 281 g/mol. The van der Waals surface area contributed by atoms with E-state index in [-0.39, 0.29) is 5.75 Å². The molecule has 0 saturated carbocycles. The molecule has 2 aromatic carbocycles.